The number of imidazole rings is 1. The zero-order valence-electron chi connectivity index (χ0n) is 9.96. The van der Waals surface area contributed by atoms with Crippen LogP contribution < -0.4 is 5.32 Å². The zero-order valence-corrected chi connectivity index (χ0v) is 9.96. The number of nitrogens with zero attached hydrogens (tertiary/aromatic N) is 5. The Bertz CT molecular complexity index is 641. The molecule has 0 aliphatic heterocycles. The molecule has 0 atom stereocenters. The number of aromatic amines is 1. The summed E-state index contributed by atoms with van der Waals surface area (Å²) >= 11 is 0. The Morgan fingerprint density at radius 2 is 2.33 bits per heavy atom. The molecule has 0 unspecified atom stereocenters. The third-order valence-electron chi connectivity index (χ3n) is 2.60. The van der Waals surface area contributed by atoms with E-state index < -0.39 is 0 Å². The minimum atomic E-state index is 0.607. The molecule has 3 aromatic rings. The zero-order chi connectivity index (χ0) is 12.4. The van der Waals surface area contributed by atoms with Crippen LogP contribution in [-0.4, -0.2) is 36.1 Å². The summed E-state index contributed by atoms with van der Waals surface area (Å²) in [5.41, 5.74) is 0.913. The van der Waals surface area contributed by atoms with Crippen LogP contribution in [0, 0.1) is 6.92 Å². The van der Waals surface area contributed by atoms with Crippen molar-refractivity contribution in [2.75, 3.05) is 11.9 Å². The highest BCUT2D eigenvalue weighted by Gasteiger charge is 2.05. The fraction of sp³-hybridized carbons (Fsp3) is 0.273. The second kappa shape index (κ2) is 4.44. The summed E-state index contributed by atoms with van der Waals surface area (Å²) in [5, 5.41) is 7.45. The molecule has 0 saturated heterocycles. The van der Waals surface area contributed by atoms with Crippen molar-refractivity contribution in [3.63, 3.8) is 0 Å². The Morgan fingerprint density at radius 1 is 1.39 bits per heavy atom. The van der Waals surface area contributed by atoms with E-state index in [-0.39, 0.29) is 0 Å². The first-order chi connectivity index (χ1) is 8.83. The van der Waals surface area contributed by atoms with Gasteiger partial charge in [0.15, 0.2) is 0 Å². The first kappa shape index (κ1) is 10.7. The molecule has 7 nitrogen and oxygen atoms in total. The molecule has 0 amide bonds. The number of anilines is 1. The molecule has 7 heteroatoms. The molecular weight excluding hydrogens is 230 g/mol. The molecule has 0 fully saturated rings. The first-order valence-electron chi connectivity index (χ1n) is 5.72. The number of rotatable bonds is 4. The third kappa shape index (κ3) is 2.02. The highest BCUT2D eigenvalue weighted by Crippen LogP contribution is 2.09. The fourth-order valence-corrected chi connectivity index (χ4v) is 1.80. The van der Waals surface area contributed by atoms with Crippen LogP contribution in [-0.2, 0) is 6.42 Å². The molecule has 0 radical (unpaired) electrons. The maximum atomic E-state index is 4.29. The van der Waals surface area contributed by atoms with Gasteiger partial charge in [-0.05, 0) is 6.92 Å². The van der Waals surface area contributed by atoms with Gasteiger partial charge in [-0.25, -0.2) is 9.97 Å². The van der Waals surface area contributed by atoms with Crippen molar-refractivity contribution in [3.05, 3.63) is 36.3 Å². The molecule has 0 spiro atoms. The molecule has 0 aliphatic carbocycles. The summed E-state index contributed by atoms with van der Waals surface area (Å²) in [4.78, 5) is 15.6. The standard InChI is InChI=1S/C11H13N7/c1-8-6-10(18-11(17-8)15-7-16-18)14-3-2-9-12-4-5-13-9/h4-7,14H,2-3H2,1H3,(H,12,13). The second-order valence-electron chi connectivity index (χ2n) is 3.97. The normalized spacial score (nSPS) is 10.9. The van der Waals surface area contributed by atoms with Crippen LogP contribution in [0.5, 0.6) is 0 Å². The van der Waals surface area contributed by atoms with Crippen LogP contribution in [0.4, 0.5) is 5.82 Å². The maximum Gasteiger partial charge on any atom is 0.254 e. The van der Waals surface area contributed by atoms with E-state index in [0.717, 1.165) is 30.3 Å². The van der Waals surface area contributed by atoms with E-state index in [9.17, 15) is 0 Å². The molecule has 0 bridgehead atoms. The number of hydrogen-bond donors (Lipinski definition) is 2. The second-order valence-corrected chi connectivity index (χ2v) is 3.97. The Balaban J connectivity index is 1.75. The monoisotopic (exact) mass is 243 g/mol. The summed E-state index contributed by atoms with van der Waals surface area (Å²) in [6.45, 7) is 2.71. The topological polar surface area (TPSA) is 83.8 Å². The van der Waals surface area contributed by atoms with E-state index in [4.69, 9.17) is 0 Å². The van der Waals surface area contributed by atoms with E-state index in [1.54, 1.807) is 10.7 Å². The average molecular weight is 243 g/mol. The van der Waals surface area contributed by atoms with Crippen molar-refractivity contribution in [1.29, 1.82) is 0 Å². The average Bonchev–Trinajstić information content (AvgIpc) is 2.98. The molecule has 3 heterocycles. The summed E-state index contributed by atoms with van der Waals surface area (Å²) < 4.78 is 1.69. The van der Waals surface area contributed by atoms with E-state index in [2.05, 4.69) is 30.4 Å². The predicted octanol–water partition coefficient (Wildman–Crippen LogP) is 0.810. The number of H-pyrrole nitrogens is 1. The van der Waals surface area contributed by atoms with Crippen LogP contribution >= 0.6 is 0 Å². The summed E-state index contributed by atoms with van der Waals surface area (Å²) in [5.74, 6) is 2.46. The van der Waals surface area contributed by atoms with Gasteiger partial charge < -0.3 is 10.3 Å². The van der Waals surface area contributed by atoms with Gasteiger partial charge in [0.2, 0.25) is 0 Å². The summed E-state index contributed by atoms with van der Waals surface area (Å²) in [7, 11) is 0. The van der Waals surface area contributed by atoms with Gasteiger partial charge in [-0.1, -0.05) is 0 Å². The molecular formula is C11H13N7. The van der Waals surface area contributed by atoms with Crippen LogP contribution in [0.2, 0.25) is 0 Å². The molecule has 3 rings (SSSR count). The molecule has 0 aromatic carbocycles. The lowest BCUT2D eigenvalue weighted by atomic mass is 10.4. The minimum absolute atomic E-state index is 0.607. The van der Waals surface area contributed by atoms with Crippen molar-refractivity contribution in [2.45, 2.75) is 13.3 Å². The number of hydrogen-bond acceptors (Lipinski definition) is 5. The van der Waals surface area contributed by atoms with Crippen LogP contribution in [0.15, 0.2) is 24.8 Å². The van der Waals surface area contributed by atoms with Gasteiger partial charge in [-0.2, -0.15) is 14.6 Å². The Labute approximate surface area is 103 Å². The summed E-state index contributed by atoms with van der Waals surface area (Å²) in [6.07, 6.45) is 5.90. The largest absolute Gasteiger partial charge is 0.369 e. The van der Waals surface area contributed by atoms with Crippen LogP contribution in [0.1, 0.15) is 11.5 Å². The maximum absolute atomic E-state index is 4.29. The third-order valence-corrected chi connectivity index (χ3v) is 2.60. The number of nitrogens with one attached hydrogen (secondary N) is 2. The molecule has 3 aromatic heterocycles. The molecule has 92 valence electrons. The lowest BCUT2D eigenvalue weighted by Gasteiger charge is -2.07. The van der Waals surface area contributed by atoms with Gasteiger partial charge in [-0.3, -0.25) is 0 Å². The highest BCUT2D eigenvalue weighted by molar-refractivity contribution is 5.44. The summed E-state index contributed by atoms with van der Waals surface area (Å²) in [6, 6.07) is 1.95. The van der Waals surface area contributed by atoms with Gasteiger partial charge in [-0.15, -0.1) is 0 Å². The lowest BCUT2D eigenvalue weighted by Crippen LogP contribution is -2.10. The van der Waals surface area contributed by atoms with Crippen molar-refractivity contribution >= 4 is 11.6 Å². The minimum Gasteiger partial charge on any atom is -0.369 e. The number of fused-ring (bicyclic) bond motifs is 1. The lowest BCUT2D eigenvalue weighted by molar-refractivity contribution is 0.882. The van der Waals surface area contributed by atoms with Gasteiger partial charge in [0.05, 0.1) is 0 Å². The van der Waals surface area contributed by atoms with Gasteiger partial charge in [0.25, 0.3) is 5.78 Å². The highest BCUT2D eigenvalue weighted by atomic mass is 15.3. The van der Waals surface area contributed by atoms with E-state index in [1.807, 2.05) is 19.2 Å². The quantitative estimate of drug-likeness (QED) is 0.708. The van der Waals surface area contributed by atoms with E-state index in [0.29, 0.717) is 5.78 Å². The molecule has 0 saturated carbocycles. The van der Waals surface area contributed by atoms with Crippen LogP contribution in [0.25, 0.3) is 5.78 Å². The SMILES string of the molecule is Cc1cc(NCCc2ncc[nH]2)n2ncnc2n1. The van der Waals surface area contributed by atoms with Crippen molar-refractivity contribution in [2.24, 2.45) is 0 Å². The first-order valence-corrected chi connectivity index (χ1v) is 5.72. The number of aromatic nitrogens is 6. The predicted molar refractivity (Wildman–Crippen MR) is 66.3 cm³/mol. The molecule has 2 N–H and O–H groups in total. The Morgan fingerprint density at radius 3 is 3.17 bits per heavy atom. The smallest absolute Gasteiger partial charge is 0.254 e. The molecule has 0 aliphatic rings. The number of aryl methyl sites for hydroxylation is 1. The fourth-order valence-electron chi connectivity index (χ4n) is 1.80. The molecule has 18 heavy (non-hydrogen) atoms. The van der Waals surface area contributed by atoms with Gasteiger partial charge in [0.1, 0.15) is 18.0 Å². The Hall–Kier alpha value is -2.44. The van der Waals surface area contributed by atoms with E-state index >= 15 is 0 Å². The Kier molecular flexibility index (Phi) is 2.64. The van der Waals surface area contributed by atoms with Crippen molar-refractivity contribution in [3.8, 4) is 0 Å². The van der Waals surface area contributed by atoms with E-state index in [1.165, 1.54) is 6.33 Å². The van der Waals surface area contributed by atoms with Crippen molar-refractivity contribution in [1.82, 2.24) is 29.5 Å². The van der Waals surface area contributed by atoms with Gasteiger partial charge in [0, 0.05) is 37.1 Å². The van der Waals surface area contributed by atoms with Gasteiger partial charge >= 0.3 is 0 Å². The van der Waals surface area contributed by atoms with Crippen LogP contribution in [0.3, 0.4) is 0 Å². The van der Waals surface area contributed by atoms with Crippen molar-refractivity contribution < 1.29 is 0 Å².